The van der Waals surface area contributed by atoms with Gasteiger partial charge in [-0.05, 0) is 6.42 Å². The predicted octanol–water partition coefficient (Wildman–Crippen LogP) is -0.679. The van der Waals surface area contributed by atoms with Gasteiger partial charge in [-0.3, -0.25) is 0 Å². The number of aliphatic hydroxyl groups excluding tert-OH is 1. The second-order valence-electron chi connectivity index (χ2n) is 2.85. The van der Waals surface area contributed by atoms with Gasteiger partial charge >= 0.3 is 6.09 Å². The fourth-order valence-corrected chi connectivity index (χ4v) is 1.42. The third kappa shape index (κ3) is 2.09. The van der Waals surface area contributed by atoms with E-state index in [2.05, 4.69) is 5.32 Å². The Morgan fingerprint density at radius 3 is 3.00 bits per heavy atom. The molecule has 1 fully saturated rings. The lowest BCUT2D eigenvalue weighted by atomic mass is 10.1. The molecule has 0 radical (unpaired) electrons. The highest BCUT2D eigenvalue weighted by atomic mass is 16.4. The first-order chi connectivity index (χ1) is 5.75. The topological polar surface area (TPSA) is 72.8 Å². The van der Waals surface area contributed by atoms with E-state index in [0.717, 1.165) is 0 Å². The molecule has 1 rings (SSSR count). The summed E-state index contributed by atoms with van der Waals surface area (Å²) in [5, 5.41) is 20.5. The van der Waals surface area contributed by atoms with Gasteiger partial charge in [-0.2, -0.15) is 0 Å². The van der Waals surface area contributed by atoms with Gasteiger partial charge in [0.15, 0.2) is 0 Å². The predicted molar refractivity (Wildman–Crippen MR) is 43.1 cm³/mol. The van der Waals surface area contributed by atoms with Gasteiger partial charge in [0.2, 0.25) is 0 Å². The second kappa shape index (κ2) is 4.27. The first-order valence-corrected chi connectivity index (χ1v) is 4.07. The normalized spacial score (nSPS) is 24.1. The number of rotatable bonds is 2. The van der Waals surface area contributed by atoms with E-state index in [0.29, 0.717) is 26.1 Å². The standard InChI is InChI=1S/C7H14N2O3/c10-4-1-6-5-8-2-3-9(6)7(11)12/h6,8,10H,1-5H2,(H,11,12). The average Bonchev–Trinajstić information content (AvgIpc) is 2.05. The molecule has 1 heterocycles. The van der Waals surface area contributed by atoms with Gasteiger partial charge in [-0.25, -0.2) is 4.79 Å². The summed E-state index contributed by atoms with van der Waals surface area (Å²) in [6, 6.07) is -0.0683. The minimum Gasteiger partial charge on any atom is -0.465 e. The molecular weight excluding hydrogens is 160 g/mol. The van der Waals surface area contributed by atoms with Crippen molar-refractivity contribution in [3.8, 4) is 0 Å². The lowest BCUT2D eigenvalue weighted by Crippen LogP contribution is -2.53. The molecule has 1 amide bonds. The van der Waals surface area contributed by atoms with Crippen molar-refractivity contribution in [3.05, 3.63) is 0 Å². The van der Waals surface area contributed by atoms with Crippen LogP contribution in [0.4, 0.5) is 4.79 Å². The molecule has 0 aliphatic carbocycles. The summed E-state index contributed by atoms with van der Waals surface area (Å²) in [6.45, 7) is 1.90. The lowest BCUT2D eigenvalue weighted by molar-refractivity contribution is 0.101. The Balaban J connectivity index is 2.48. The van der Waals surface area contributed by atoms with Crippen molar-refractivity contribution < 1.29 is 15.0 Å². The Kier molecular flexibility index (Phi) is 3.31. The Hall–Kier alpha value is -0.810. The zero-order valence-corrected chi connectivity index (χ0v) is 6.86. The molecule has 0 aromatic heterocycles. The van der Waals surface area contributed by atoms with Crippen LogP contribution in [-0.2, 0) is 0 Å². The van der Waals surface area contributed by atoms with Gasteiger partial charge in [0.1, 0.15) is 0 Å². The summed E-state index contributed by atoms with van der Waals surface area (Å²) < 4.78 is 0. The zero-order chi connectivity index (χ0) is 8.97. The molecule has 0 spiro atoms. The van der Waals surface area contributed by atoms with Crippen LogP contribution in [0.5, 0.6) is 0 Å². The molecular formula is C7H14N2O3. The van der Waals surface area contributed by atoms with Crippen LogP contribution in [0.15, 0.2) is 0 Å². The first-order valence-electron chi connectivity index (χ1n) is 4.07. The van der Waals surface area contributed by atoms with E-state index in [4.69, 9.17) is 10.2 Å². The first kappa shape index (κ1) is 9.28. The van der Waals surface area contributed by atoms with Crippen LogP contribution in [0.2, 0.25) is 0 Å². The maximum Gasteiger partial charge on any atom is 0.407 e. The zero-order valence-electron chi connectivity index (χ0n) is 6.86. The monoisotopic (exact) mass is 174 g/mol. The Morgan fingerprint density at radius 2 is 2.42 bits per heavy atom. The van der Waals surface area contributed by atoms with Crippen LogP contribution < -0.4 is 5.32 Å². The van der Waals surface area contributed by atoms with Crippen molar-refractivity contribution in [1.29, 1.82) is 0 Å². The summed E-state index contributed by atoms with van der Waals surface area (Å²) in [4.78, 5) is 12.0. The van der Waals surface area contributed by atoms with Crippen LogP contribution in [0.1, 0.15) is 6.42 Å². The molecule has 0 saturated carbocycles. The van der Waals surface area contributed by atoms with Crippen LogP contribution in [0.25, 0.3) is 0 Å². The van der Waals surface area contributed by atoms with Gasteiger partial charge in [-0.15, -0.1) is 0 Å². The van der Waals surface area contributed by atoms with Gasteiger partial charge in [0, 0.05) is 32.3 Å². The summed E-state index contributed by atoms with van der Waals surface area (Å²) in [5.74, 6) is 0. The van der Waals surface area contributed by atoms with Crippen LogP contribution >= 0.6 is 0 Å². The number of piperazine rings is 1. The molecule has 1 aliphatic heterocycles. The van der Waals surface area contributed by atoms with Crippen LogP contribution in [0, 0.1) is 0 Å². The minimum absolute atomic E-state index is 0.0378. The van der Waals surface area contributed by atoms with Crippen LogP contribution in [0.3, 0.4) is 0 Å². The van der Waals surface area contributed by atoms with Gasteiger partial charge in [0.05, 0.1) is 0 Å². The molecule has 1 unspecified atom stereocenters. The number of aliphatic hydroxyl groups is 1. The number of nitrogens with one attached hydrogen (secondary N) is 1. The average molecular weight is 174 g/mol. The molecule has 5 heteroatoms. The van der Waals surface area contributed by atoms with Crippen LogP contribution in [-0.4, -0.2) is 53.5 Å². The van der Waals surface area contributed by atoms with E-state index >= 15 is 0 Å². The maximum atomic E-state index is 10.7. The Bertz CT molecular complexity index is 161. The highest BCUT2D eigenvalue weighted by molar-refractivity contribution is 5.65. The van der Waals surface area contributed by atoms with E-state index in [9.17, 15) is 4.79 Å². The fraction of sp³-hybridized carbons (Fsp3) is 0.857. The molecule has 12 heavy (non-hydrogen) atoms. The summed E-state index contributed by atoms with van der Waals surface area (Å²) in [7, 11) is 0. The van der Waals surface area contributed by atoms with E-state index in [-0.39, 0.29) is 12.6 Å². The SMILES string of the molecule is O=C(O)N1CCNCC1CCO. The van der Waals surface area contributed by atoms with E-state index in [1.807, 2.05) is 0 Å². The quantitative estimate of drug-likeness (QED) is 0.518. The molecule has 1 atom stereocenters. The number of carboxylic acid groups (broad SMARTS) is 1. The fourth-order valence-electron chi connectivity index (χ4n) is 1.42. The molecule has 5 nitrogen and oxygen atoms in total. The highest BCUT2D eigenvalue weighted by Gasteiger charge is 2.25. The Morgan fingerprint density at radius 1 is 1.67 bits per heavy atom. The highest BCUT2D eigenvalue weighted by Crippen LogP contribution is 2.06. The van der Waals surface area contributed by atoms with Gasteiger partial charge in [-0.1, -0.05) is 0 Å². The van der Waals surface area contributed by atoms with E-state index < -0.39 is 6.09 Å². The Labute approximate surface area is 71.0 Å². The molecule has 70 valence electrons. The third-order valence-electron chi connectivity index (χ3n) is 2.06. The van der Waals surface area contributed by atoms with Gasteiger partial charge in [0.25, 0.3) is 0 Å². The number of hydrogen-bond donors (Lipinski definition) is 3. The molecule has 1 aliphatic rings. The van der Waals surface area contributed by atoms with Crippen molar-refractivity contribution in [2.24, 2.45) is 0 Å². The molecule has 0 aromatic carbocycles. The smallest absolute Gasteiger partial charge is 0.407 e. The minimum atomic E-state index is -0.894. The number of hydrogen-bond acceptors (Lipinski definition) is 3. The summed E-state index contributed by atoms with van der Waals surface area (Å²) in [5.41, 5.74) is 0. The number of amides is 1. The molecule has 0 bridgehead atoms. The lowest BCUT2D eigenvalue weighted by Gasteiger charge is -2.33. The number of carbonyl (C=O) groups is 1. The van der Waals surface area contributed by atoms with Gasteiger partial charge < -0.3 is 20.4 Å². The number of nitrogens with zero attached hydrogens (tertiary/aromatic N) is 1. The van der Waals surface area contributed by atoms with Crippen molar-refractivity contribution in [2.75, 3.05) is 26.2 Å². The van der Waals surface area contributed by atoms with Crippen molar-refractivity contribution in [3.63, 3.8) is 0 Å². The van der Waals surface area contributed by atoms with Crippen molar-refractivity contribution >= 4 is 6.09 Å². The van der Waals surface area contributed by atoms with E-state index in [1.54, 1.807) is 0 Å². The summed E-state index contributed by atoms with van der Waals surface area (Å²) >= 11 is 0. The maximum absolute atomic E-state index is 10.7. The van der Waals surface area contributed by atoms with E-state index in [1.165, 1.54) is 4.90 Å². The molecule has 0 aromatic rings. The second-order valence-corrected chi connectivity index (χ2v) is 2.85. The van der Waals surface area contributed by atoms with Crippen molar-refractivity contribution in [2.45, 2.75) is 12.5 Å². The summed E-state index contributed by atoms with van der Waals surface area (Å²) in [6.07, 6.45) is -0.380. The molecule has 1 saturated heterocycles. The third-order valence-corrected chi connectivity index (χ3v) is 2.06. The molecule has 3 N–H and O–H groups in total. The van der Waals surface area contributed by atoms with Crippen molar-refractivity contribution in [1.82, 2.24) is 10.2 Å². The largest absolute Gasteiger partial charge is 0.465 e.